The minimum atomic E-state index is -0.279. The van der Waals surface area contributed by atoms with E-state index in [0.717, 1.165) is 71.7 Å². The summed E-state index contributed by atoms with van der Waals surface area (Å²) in [7, 11) is 4.00. The van der Waals surface area contributed by atoms with Gasteiger partial charge in [-0.3, -0.25) is 4.79 Å². The monoisotopic (exact) mass is 684 g/mol. The number of nitrogens with zero attached hydrogens (tertiary/aromatic N) is 4. The average molecular weight is 685 g/mol. The topological polar surface area (TPSA) is 75.1 Å². The van der Waals surface area contributed by atoms with Crippen molar-refractivity contribution in [2.45, 2.75) is 50.9 Å². The molecule has 0 bridgehead atoms. The molecule has 0 aliphatic heterocycles. The van der Waals surface area contributed by atoms with E-state index < -0.39 is 0 Å². The summed E-state index contributed by atoms with van der Waals surface area (Å²) < 4.78 is 16.5. The van der Waals surface area contributed by atoms with Crippen molar-refractivity contribution in [2.75, 3.05) is 36.6 Å². The van der Waals surface area contributed by atoms with Crippen molar-refractivity contribution >= 4 is 51.9 Å². The molecule has 2 heterocycles. The molecule has 0 radical (unpaired) electrons. The van der Waals surface area contributed by atoms with E-state index in [1.165, 1.54) is 6.07 Å². The van der Waals surface area contributed by atoms with E-state index in [1.807, 2.05) is 68.4 Å². The van der Waals surface area contributed by atoms with E-state index in [-0.39, 0.29) is 17.8 Å². The molecule has 1 aliphatic rings. The predicted molar refractivity (Wildman–Crippen MR) is 198 cm³/mol. The maximum Gasteiger partial charge on any atom is 0.253 e. The van der Waals surface area contributed by atoms with Gasteiger partial charge in [0.1, 0.15) is 11.6 Å². The Morgan fingerprint density at radius 2 is 1.75 bits per heavy atom. The number of rotatable bonds is 12. The molecule has 2 N–H and O–H groups in total. The molecule has 1 aliphatic carbocycles. The van der Waals surface area contributed by atoms with Gasteiger partial charge in [0.15, 0.2) is 0 Å². The smallest absolute Gasteiger partial charge is 0.253 e. The lowest BCUT2D eigenvalue weighted by Crippen LogP contribution is -2.38. The van der Waals surface area contributed by atoms with Crippen LogP contribution in [0.2, 0.25) is 5.02 Å². The van der Waals surface area contributed by atoms with Gasteiger partial charge in [0.2, 0.25) is 5.95 Å². The molecule has 6 rings (SSSR count). The van der Waals surface area contributed by atoms with Crippen LogP contribution in [0, 0.1) is 18.7 Å². The summed E-state index contributed by atoms with van der Waals surface area (Å²) in [5.74, 6) is 2.97. The van der Waals surface area contributed by atoms with Crippen molar-refractivity contribution < 1.29 is 9.18 Å². The zero-order valence-electron chi connectivity index (χ0n) is 27.7. The third-order valence-electron chi connectivity index (χ3n) is 9.19. The predicted octanol–water partition coefficient (Wildman–Crippen LogP) is 8.60. The Labute approximate surface area is 291 Å². The zero-order chi connectivity index (χ0) is 33.6. The minimum absolute atomic E-state index is 0.0309. The van der Waals surface area contributed by atoms with Crippen LogP contribution in [0.5, 0.6) is 0 Å². The lowest BCUT2D eigenvalue weighted by atomic mass is 9.86. The summed E-state index contributed by atoms with van der Waals surface area (Å²) >= 11 is 7.87. The average Bonchev–Trinajstić information content (AvgIpc) is 3.43. The number of aromatic nitrogens is 3. The van der Waals surface area contributed by atoms with Crippen molar-refractivity contribution in [1.29, 1.82) is 0 Å². The highest BCUT2D eigenvalue weighted by Gasteiger charge is 2.25. The molecule has 7 nitrogen and oxygen atoms in total. The number of carbonyl (C=O) groups excluding carboxylic acids is 1. The van der Waals surface area contributed by atoms with Gasteiger partial charge in [-0.2, -0.15) is 16.7 Å². The minimum Gasteiger partial charge on any atom is -0.362 e. The zero-order valence-corrected chi connectivity index (χ0v) is 29.3. The maximum absolute atomic E-state index is 14.3. The molecule has 0 spiro atoms. The van der Waals surface area contributed by atoms with Crippen LogP contribution in [0.15, 0.2) is 78.9 Å². The number of amides is 1. The van der Waals surface area contributed by atoms with Gasteiger partial charge in [-0.25, -0.2) is 9.37 Å². The second-order valence-corrected chi connectivity index (χ2v) is 14.2. The highest BCUT2D eigenvalue weighted by molar-refractivity contribution is 7.98. The third kappa shape index (κ3) is 7.79. The molecule has 0 unspecified atom stereocenters. The first-order valence-electron chi connectivity index (χ1n) is 16.5. The number of hydrogen-bond acceptors (Lipinski definition) is 6. The van der Waals surface area contributed by atoms with Gasteiger partial charge >= 0.3 is 0 Å². The summed E-state index contributed by atoms with van der Waals surface area (Å²) in [5.41, 5.74) is 5.15. The van der Waals surface area contributed by atoms with E-state index in [4.69, 9.17) is 21.6 Å². The Hall–Kier alpha value is -4.08. The first kappa shape index (κ1) is 33.8. The van der Waals surface area contributed by atoms with Crippen molar-refractivity contribution in [3.63, 3.8) is 0 Å². The van der Waals surface area contributed by atoms with Gasteiger partial charge in [-0.05, 0) is 74.4 Å². The fraction of sp³-hybridized carbons (Fsp3) is 0.342. The number of fused-ring (bicyclic) bond motifs is 1. The van der Waals surface area contributed by atoms with Crippen molar-refractivity contribution in [2.24, 2.45) is 5.92 Å². The fourth-order valence-electron chi connectivity index (χ4n) is 6.50. The molecule has 1 fully saturated rings. The van der Waals surface area contributed by atoms with E-state index in [0.29, 0.717) is 40.3 Å². The summed E-state index contributed by atoms with van der Waals surface area (Å²) in [5, 5.41) is 8.31. The molecule has 5 aromatic rings. The maximum atomic E-state index is 14.3. The summed E-state index contributed by atoms with van der Waals surface area (Å²) in [4.78, 5) is 25.2. The Morgan fingerprint density at radius 3 is 2.50 bits per heavy atom. The standard InChI is InChI=1S/C38H42ClFN6OS/c1-25-30(22-35(27-10-5-4-6-11-27)46(25)20-21-48-24-31-32(39)13-9-14-33(31)40)37(47)42-28-18-16-26(17-19-28)23-41-38-43-34-15-8-7-12-29(34)36(44-38)45(2)3/h4-15,22,26,28H,16-21,23-24H2,1-3H3,(H,42,47)(H,41,43,44). The van der Waals surface area contributed by atoms with E-state index in [9.17, 15) is 9.18 Å². The highest BCUT2D eigenvalue weighted by Crippen LogP contribution is 2.30. The lowest BCUT2D eigenvalue weighted by Gasteiger charge is -2.29. The number of anilines is 2. The number of nitrogens with one attached hydrogen (secondary N) is 2. The largest absolute Gasteiger partial charge is 0.362 e. The summed E-state index contributed by atoms with van der Waals surface area (Å²) in [6.45, 7) is 3.50. The molecule has 1 saturated carbocycles. The van der Waals surface area contributed by atoms with Crippen LogP contribution < -0.4 is 15.5 Å². The molecule has 10 heteroatoms. The van der Waals surface area contributed by atoms with Gasteiger partial charge in [0, 0.05) is 72.1 Å². The van der Waals surface area contributed by atoms with Crippen LogP contribution in [0.1, 0.15) is 47.3 Å². The molecule has 2 aromatic heterocycles. The molecular weight excluding hydrogens is 643 g/mol. The van der Waals surface area contributed by atoms with Crippen LogP contribution in [0.4, 0.5) is 16.2 Å². The van der Waals surface area contributed by atoms with Crippen molar-refractivity contribution in [1.82, 2.24) is 19.9 Å². The van der Waals surface area contributed by atoms with Gasteiger partial charge in [0.25, 0.3) is 5.91 Å². The van der Waals surface area contributed by atoms with Gasteiger partial charge in [0.05, 0.1) is 11.1 Å². The molecule has 0 saturated heterocycles. The Balaban J connectivity index is 1.06. The molecule has 48 heavy (non-hydrogen) atoms. The van der Waals surface area contributed by atoms with Gasteiger partial charge in [-0.1, -0.05) is 60.1 Å². The van der Waals surface area contributed by atoms with Crippen molar-refractivity contribution in [3.8, 4) is 11.3 Å². The van der Waals surface area contributed by atoms with E-state index in [2.05, 4.69) is 33.4 Å². The number of halogens is 2. The second-order valence-electron chi connectivity index (χ2n) is 12.7. The second kappa shape index (κ2) is 15.4. The van der Waals surface area contributed by atoms with Crippen LogP contribution >= 0.6 is 23.4 Å². The van der Waals surface area contributed by atoms with E-state index >= 15 is 0 Å². The van der Waals surface area contributed by atoms with Crippen LogP contribution in [-0.2, 0) is 12.3 Å². The highest BCUT2D eigenvalue weighted by atomic mass is 35.5. The first-order chi connectivity index (χ1) is 23.3. The number of benzene rings is 3. The van der Waals surface area contributed by atoms with Crippen molar-refractivity contribution in [3.05, 3.63) is 107 Å². The molecule has 0 atom stereocenters. The Bertz CT molecular complexity index is 1850. The number of hydrogen-bond donors (Lipinski definition) is 2. The van der Waals surface area contributed by atoms with E-state index in [1.54, 1.807) is 23.9 Å². The Kier molecular flexibility index (Phi) is 10.9. The summed E-state index contributed by atoms with van der Waals surface area (Å²) in [6.07, 6.45) is 3.90. The number of carbonyl (C=O) groups is 1. The SMILES string of the molecule is Cc1c(C(=O)NC2CCC(CNc3nc(N(C)C)c4ccccc4n3)CC2)cc(-c2ccccc2)n1CCSCc1c(F)cccc1Cl. The van der Waals surface area contributed by atoms with Crippen LogP contribution in [0.25, 0.3) is 22.2 Å². The fourth-order valence-corrected chi connectivity index (χ4v) is 7.76. The third-order valence-corrected chi connectivity index (χ3v) is 10.5. The molecular formula is C38H42ClFN6OS. The molecule has 1 amide bonds. The molecule has 3 aromatic carbocycles. The van der Waals surface area contributed by atoms with Crippen LogP contribution in [-0.4, -0.2) is 52.9 Å². The van der Waals surface area contributed by atoms with Gasteiger partial charge in [-0.15, -0.1) is 0 Å². The lowest BCUT2D eigenvalue weighted by molar-refractivity contribution is 0.0922. The Morgan fingerprint density at radius 1 is 1.00 bits per heavy atom. The first-order valence-corrected chi connectivity index (χ1v) is 18.1. The van der Waals surface area contributed by atoms with Gasteiger partial charge < -0.3 is 20.1 Å². The molecule has 250 valence electrons. The number of para-hydroxylation sites is 1. The quantitative estimate of drug-likeness (QED) is 0.128. The normalized spacial score (nSPS) is 16.2. The number of thioether (sulfide) groups is 1. The summed E-state index contributed by atoms with van der Waals surface area (Å²) in [6, 6.07) is 25.2. The van der Waals surface area contributed by atoms with Crippen LogP contribution in [0.3, 0.4) is 0 Å².